The van der Waals surface area contributed by atoms with Crippen LogP contribution in [0.2, 0.25) is 0 Å². The molecule has 0 aliphatic carbocycles. The van der Waals surface area contributed by atoms with Crippen molar-refractivity contribution in [2.24, 2.45) is 27.1 Å². The zero-order valence-electron chi connectivity index (χ0n) is 39.1. The van der Waals surface area contributed by atoms with Crippen LogP contribution in [0.3, 0.4) is 0 Å². The van der Waals surface area contributed by atoms with Crippen LogP contribution in [0.5, 0.6) is 0 Å². The van der Waals surface area contributed by atoms with Crippen LogP contribution in [0.1, 0.15) is 55.5 Å². The molecule has 0 radical (unpaired) electrons. The number of ketones is 2. The average Bonchev–Trinajstić information content (AvgIpc) is 3.28. The molecule has 23 heteroatoms. The number of anilines is 2. The topological polar surface area (TPSA) is 244 Å². The molecule has 0 bridgehead atoms. The predicted octanol–water partition coefficient (Wildman–Crippen LogP) is 2.87. The van der Waals surface area contributed by atoms with Gasteiger partial charge in [-0.1, -0.05) is 0 Å². The van der Waals surface area contributed by atoms with Crippen molar-refractivity contribution in [1.82, 2.24) is 44.5 Å². The van der Waals surface area contributed by atoms with E-state index in [9.17, 15) is 51.1 Å². The van der Waals surface area contributed by atoms with Crippen molar-refractivity contribution in [3.63, 3.8) is 0 Å². The summed E-state index contributed by atoms with van der Waals surface area (Å²) in [5.41, 5.74) is 11.7. The summed E-state index contributed by atoms with van der Waals surface area (Å²) >= 11 is 0. The maximum atomic E-state index is 13.3. The lowest BCUT2D eigenvalue weighted by Crippen LogP contribution is -2.40. The summed E-state index contributed by atoms with van der Waals surface area (Å²) < 4.78 is 54.4. The summed E-state index contributed by atoms with van der Waals surface area (Å²) in [6, 6.07) is 15.3. The largest absolute Gasteiger partial charge is 0.399 e. The van der Waals surface area contributed by atoms with Gasteiger partial charge in [-0.05, 0) is 73.2 Å². The van der Waals surface area contributed by atoms with Gasteiger partial charge >= 0.3 is 0 Å². The standard InChI is InChI=1S/C19H21F2N3O2.C12H15N3O3.C6H5F2N.C5H7N3O.C5H9NO.ClH/c1-23-18(25)3-2-17(22-23)12-19(26)24-6-4-13(5-7-24)8-14-9-15(20)11-16(21)10-14;1-14-11(17)3-2-9(13-14)8-12(18)15-6-4-10(16)5-7-15;7-4-1-5(8)3-6(9)2-4;1-8-5(9)3-2-4(6)7-8;7-5-1-3-6-4-2-5;/h2-3,9-11,13H,4-8,12H2,1H3;2-3H,4-8H2,1H3;1-3H,9H2;2-3H,1H3,(H2,6,7);6H,1-4H2;1H. The lowest BCUT2D eigenvalue weighted by Gasteiger charge is -2.32. The minimum absolute atomic E-state index is 0. The number of aryl methyl sites for hydroxylation is 3. The van der Waals surface area contributed by atoms with E-state index in [0.717, 1.165) is 63.0 Å². The fraction of sp³-hybridized carbons (Fsp3) is 0.404. The van der Waals surface area contributed by atoms with Gasteiger partial charge < -0.3 is 26.6 Å². The number of hydrogen-bond acceptors (Lipinski definition) is 13. The summed E-state index contributed by atoms with van der Waals surface area (Å²) in [4.78, 5) is 82.5. The van der Waals surface area contributed by atoms with Crippen LogP contribution in [0.4, 0.5) is 29.1 Å². The third-order valence-corrected chi connectivity index (χ3v) is 10.8. The lowest BCUT2D eigenvalue weighted by molar-refractivity contribution is -0.134. The van der Waals surface area contributed by atoms with Gasteiger partial charge in [-0.25, -0.2) is 31.6 Å². The normalized spacial score (nSPS) is 14.4. The number of benzene rings is 2. The zero-order chi connectivity index (χ0) is 50.6. The second kappa shape index (κ2) is 28.4. The van der Waals surface area contributed by atoms with Gasteiger partial charge in [0.05, 0.1) is 24.2 Å². The van der Waals surface area contributed by atoms with Crippen molar-refractivity contribution in [2.45, 2.75) is 57.8 Å². The number of nitrogens with zero attached hydrogens (tertiary/aromatic N) is 8. The van der Waals surface area contributed by atoms with Gasteiger partial charge in [-0.15, -0.1) is 12.4 Å². The molecule has 2 amide bonds. The van der Waals surface area contributed by atoms with Gasteiger partial charge in [0, 0.05) is 122 Å². The average molecular weight is 1000 g/mol. The van der Waals surface area contributed by atoms with E-state index in [1.807, 2.05) is 0 Å². The molecule has 6 heterocycles. The Morgan fingerprint density at radius 1 is 0.571 bits per heavy atom. The number of hydrogen-bond donors (Lipinski definition) is 3. The maximum Gasteiger partial charge on any atom is 0.266 e. The number of piperidine rings is 3. The summed E-state index contributed by atoms with van der Waals surface area (Å²) in [5, 5.41) is 14.8. The minimum Gasteiger partial charge on any atom is -0.399 e. The number of halogens is 5. The Morgan fingerprint density at radius 2 is 0.971 bits per heavy atom. The fourth-order valence-corrected chi connectivity index (χ4v) is 7.08. The molecule has 378 valence electrons. The van der Waals surface area contributed by atoms with Crippen LogP contribution >= 0.6 is 12.4 Å². The molecule has 3 fully saturated rings. The van der Waals surface area contributed by atoms with Crippen LogP contribution < -0.4 is 33.5 Å². The predicted molar refractivity (Wildman–Crippen MR) is 256 cm³/mol. The van der Waals surface area contributed by atoms with E-state index >= 15 is 0 Å². The number of nitrogens with two attached hydrogens (primary N) is 2. The Balaban J connectivity index is 0.000000253. The Morgan fingerprint density at radius 3 is 1.36 bits per heavy atom. The Labute approximate surface area is 407 Å². The van der Waals surface area contributed by atoms with Gasteiger partial charge in [-0.2, -0.15) is 15.3 Å². The quantitative estimate of drug-likeness (QED) is 0.164. The van der Waals surface area contributed by atoms with Gasteiger partial charge in [0.25, 0.3) is 16.7 Å². The first-order chi connectivity index (χ1) is 32.7. The molecule has 3 aliphatic rings. The molecule has 5 aromatic rings. The first-order valence-electron chi connectivity index (χ1n) is 22.1. The van der Waals surface area contributed by atoms with Gasteiger partial charge in [0.2, 0.25) is 11.8 Å². The highest BCUT2D eigenvalue weighted by molar-refractivity contribution is 5.85. The zero-order valence-corrected chi connectivity index (χ0v) is 39.9. The van der Waals surface area contributed by atoms with Gasteiger partial charge in [0.15, 0.2) is 0 Å². The number of nitrogens with one attached hydrogen (secondary N) is 1. The monoisotopic (exact) mass is 999 g/mol. The molecule has 70 heavy (non-hydrogen) atoms. The van der Waals surface area contributed by atoms with Crippen molar-refractivity contribution in [3.05, 3.63) is 144 Å². The molecule has 0 saturated carbocycles. The summed E-state index contributed by atoms with van der Waals surface area (Å²) in [7, 11) is 4.66. The Bertz CT molecular complexity index is 2660. The van der Waals surface area contributed by atoms with Crippen LogP contribution in [0.25, 0.3) is 0 Å². The number of rotatable bonds is 6. The number of amides is 2. The highest BCUT2D eigenvalue weighted by Gasteiger charge is 2.24. The van der Waals surface area contributed by atoms with Crippen molar-refractivity contribution in [2.75, 3.05) is 50.7 Å². The van der Waals surface area contributed by atoms with E-state index < -0.39 is 23.3 Å². The highest BCUT2D eigenvalue weighted by Crippen LogP contribution is 2.23. The van der Waals surface area contributed by atoms with Crippen molar-refractivity contribution < 1.29 is 36.7 Å². The molecular weight excluding hydrogens is 942 g/mol. The minimum atomic E-state index is -0.646. The Hall–Kier alpha value is -7.07. The molecule has 18 nitrogen and oxygen atoms in total. The van der Waals surface area contributed by atoms with Crippen LogP contribution in [0, 0.1) is 29.2 Å². The van der Waals surface area contributed by atoms with E-state index in [4.69, 9.17) is 11.5 Å². The number of carbonyl (C=O) groups excluding carboxylic acids is 4. The first kappa shape index (κ1) is 57.2. The van der Waals surface area contributed by atoms with E-state index in [1.54, 1.807) is 43.1 Å². The SMILES string of the molecule is Cl.Cn1nc(CC(=O)N2CCC(=O)CC2)ccc1=O.Cn1nc(CC(=O)N2CCC(Cc3cc(F)cc(F)c3)CC2)ccc1=O.Cn1nc(N)ccc1=O.Nc1cc(F)cc(F)c1.O=C1CCNCC1. The summed E-state index contributed by atoms with van der Waals surface area (Å²) in [6.07, 6.45) is 4.88. The molecule has 0 unspecified atom stereocenters. The molecule has 3 aliphatic heterocycles. The number of likely N-dealkylation sites (tertiary alicyclic amines) is 2. The van der Waals surface area contributed by atoms with Crippen molar-refractivity contribution >= 4 is 47.3 Å². The first-order valence-corrected chi connectivity index (χ1v) is 22.1. The highest BCUT2D eigenvalue weighted by atomic mass is 35.5. The van der Waals surface area contributed by atoms with E-state index in [1.165, 1.54) is 50.4 Å². The van der Waals surface area contributed by atoms with Crippen molar-refractivity contribution in [3.8, 4) is 0 Å². The number of Topliss-reactive ketones (excluding diaryl/α,β-unsaturated/α-hetero) is 2. The second-order valence-corrected chi connectivity index (χ2v) is 16.4. The fourth-order valence-electron chi connectivity index (χ4n) is 7.08. The molecule has 5 N–H and O–H groups in total. The molecule has 8 rings (SSSR count). The third kappa shape index (κ3) is 20.3. The van der Waals surface area contributed by atoms with E-state index in [2.05, 4.69) is 20.6 Å². The summed E-state index contributed by atoms with van der Waals surface area (Å²) in [6.45, 7) is 3.99. The molecule has 2 aromatic carbocycles. The maximum absolute atomic E-state index is 13.3. The Kier molecular flexibility index (Phi) is 23.3. The molecule has 3 aromatic heterocycles. The number of nitrogen functional groups attached to an aromatic ring is 2. The second-order valence-electron chi connectivity index (χ2n) is 16.4. The smallest absolute Gasteiger partial charge is 0.266 e. The molecule has 0 atom stereocenters. The van der Waals surface area contributed by atoms with E-state index in [0.29, 0.717) is 79.9 Å². The number of aromatic nitrogens is 6. The molecule has 0 spiro atoms. The molecule has 3 saturated heterocycles. The lowest BCUT2D eigenvalue weighted by atomic mass is 9.90. The van der Waals surface area contributed by atoms with Gasteiger partial charge in [0.1, 0.15) is 40.7 Å². The van der Waals surface area contributed by atoms with Crippen molar-refractivity contribution in [1.29, 1.82) is 0 Å². The molecular formula is C47H58ClF4N11O7. The summed E-state index contributed by atoms with van der Waals surface area (Å²) in [5.74, 6) is -1.21. The number of carbonyl (C=O) groups is 4. The third-order valence-electron chi connectivity index (χ3n) is 10.8. The van der Waals surface area contributed by atoms with Crippen LogP contribution in [-0.2, 0) is 59.6 Å². The van der Waals surface area contributed by atoms with Crippen LogP contribution in [-0.4, -0.2) is 102 Å². The van der Waals surface area contributed by atoms with E-state index in [-0.39, 0.29) is 65.2 Å². The van der Waals surface area contributed by atoms with Gasteiger partial charge in [-0.3, -0.25) is 33.6 Å². The van der Waals surface area contributed by atoms with Crippen LogP contribution in [0.15, 0.2) is 87.2 Å².